The van der Waals surface area contributed by atoms with Crippen LogP contribution in [-0.4, -0.2) is 16.9 Å². The van der Waals surface area contributed by atoms with Gasteiger partial charge in [-0.05, 0) is 59.6 Å². The third kappa shape index (κ3) is 6.96. The number of anilines is 2. The van der Waals surface area contributed by atoms with Crippen LogP contribution in [0.25, 0.3) is 6.08 Å². The number of benzene rings is 2. The van der Waals surface area contributed by atoms with Crippen LogP contribution in [0, 0.1) is 0 Å². The fraction of sp³-hybridized carbons (Fsp3) is 0.227. The van der Waals surface area contributed by atoms with Crippen LogP contribution in [0.4, 0.5) is 11.4 Å². The van der Waals surface area contributed by atoms with Gasteiger partial charge in [-0.15, -0.1) is 0 Å². The second kappa shape index (κ2) is 10.4. The molecule has 0 atom stereocenters. The van der Waals surface area contributed by atoms with Crippen LogP contribution in [0.5, 0.6) is 0 Å². The van der Waals surface area contributed by atoms with E-state index in [1.54, 1.807) is 37.3 Å². The first-order valence-corrected chi connectivity index (χ1v) is 9.58. The third-order valence-corrected chi connectivity index (χ3v) is 4.22. The van der Waals surface area contributed by atoms with Crippen molar-refractivity contribution >= 4 is 46.6 Å². The molecular weight excluding hydrogens is 370 g/mol. The van der Waals surface area contributed by atoms with Crippen molar-refractivity contribution in [2.45, 2.75) is 33.1 Å². The van der Waals surface area contributed by atoms with Gasteiger partial charge in [-0.1, -0.05) is 45.0 Å². The first kappa shape index (κ1) is 21.3. The zero-order valence-corrected chi connectivity index (χ0v) is 17.1. The van der Waals surface area contributed by atoms with Crippen LogP contribution < -0.4 is 16.0 Å². The first-order valence-electron chi connectivity index (χ1n) is 9.17. The Morgan fingerprint density at radius 1 is 0.964 bits per heavy atom. The number of rotatable bonds is 6. The summed E-state index contributed by atoms with van der Waals surface area (Å²) >= 11 is 5.06. The molecule has 0 heterocycles. The van der Waals surface area contributed by atoms with E-state index in [-0.39, 0.29) is 16.9 Å². The maximum atomic E-state index is 12.1. The minimum Gasteiger partial charge on any atom is -0.332 e. The molecule has 3 N–H and O–H groups in total. The standard InChI is InChI=1S/C22H25N3O2S/c1-4-20(26)25-22(28)24-19-12-10-18(11-13-19)23-21(27)14-7-16-5-8-17(9-6-16)15(2)3/h5-15H,4H2,1-3H3,(H,23,27)(H2,24,25,26,28). The summed E-state index contributed by atoms with van der Waals surface area (Å²) in [7, 11) is 0. The molecule has 28 heavy (non-hydrogen) atoms. The molecule has 2 aromatic rings. The minimum atomic E-state index is -0.209. The molecule has 0 saturated carbocycles. The molecule has 2 amide bonds. The number of thiocarbonyl (C=S) groups is 1. The maximum absolute atomic E-state index is 12.1. The lowest BCUT2D eigenvalue weighted by Gasteiger charge is -2.09. The van der Waals surface area contributed by atoms with Crippen molar-refractivity contribution in [2.75, 3.05) is 10.6 Å². The van der Waals surface area contributed by atoms with Crippen molar-refractivity contribution in [1.29, 1.82) is 0 Å². The van der Waals surface area contributed by atoms with Gasteiger partial charge in [-0.2, -0.15) is 0 Å². The molecule has 0 saturated heterocycles. The molecule has 146 valence electrons. The van der Waals surface area contributed by atoms with Crippen LogP contribution in [0.1, 0.15) is 44.2 Å². The quantitative estimate of drug-likeness (QED) is 0.490. The predicted octanol–water partition coefficient (Wildman–Crippen LogP) is 4.68. The highest BCUT2D eigenvalue weighted by atomic mass is 32.1. The highest BCUT2D eigenvalue weighted by molar-refractivity contribution is 7.80. The number of amides is 2. The average molecular weight is 396 g/mol. The highest BCUT2D eigenvalue weighted by Gasteiger charge is 2.03. The van der Waals surface area contributed by atoms with Gasteiger partial charge in [0.1, 0.15) is 0 Å². The fourth-order valence-corrected chi connectivity index (χ4v) is 2.59. The molecule has 2 aromatic carbocycles. The molecule has 0 aromatic heterocycles. The summed E-state index contributed by atoms with van der Waals surface area (Å²) in [5.74, 6) is 0.127. The van der Waals surface area contributed by atoms with Gasteiger partial charge in [0, 0.05) is 23.9 Å². The molecule has 0 aliphatic heterocycles. The Labute approximate surface area is 171 Å². The third-order valence-electron chi connectivity index (χ3n) is 4.01. The van der Waals surface area contributed by atoms with E-state index in [9.17, 15) is 9.59 Å². The normalized spacial score (nSPS) is 10.7. The number of carbonyl (C=O) groups excluding carboxylic acids is 2. The van der Waals surface area contributed by atoms with Crippen molar-refractivity contribution in [2.24, 2.45) is 0 Å². The van der Waals surface area contributed by atoms with E-state index < -0.39 is 0 Å². The second-order valence-corrected chi connectivity index (χ2v) is 6.99. The van der Waals surface area contributed by atoms with E-state index in [0.717, 1.165) is 11.3 Å². The summed E-state index contributed by atoms with van der Waals surface area (Å²) in [6, 6.07) is 15.2. The van der Waals surface area contributed by atoms with E-state index >= 15 is 0 Å². The smallest absolute Gasteiger partial charge is 0.248 e. The van der Waals surface area contributed by atoms with Gasteiger partial charge < -0.3 is 16.0 Å². The Kier molecular flexibility index (Phi) is 7.89. The summed E-state index contributed by atoms with van der Waals surface area (Å²) in [5.41, 5.74) is 3.63. The number of nitrogens with one attached hydrogen (secondary N) is 3. The molecule has 0 bridgehead atoms. The average Bonchev–Trinajstić information content (AvgIpc) is 2.68. The lowest BCUT2D eigenvalue weighted by atomic mass is 10.0. The summed E-state index contributed by atoms with van der Waals surface area (Å²) < 4.78 is 0. The Hall–Kier alpha value is -2.99. The van der Waals surface area contributed by atoms with Crippen LogP contribution in [0.3, 0.4) is 0 Å². The van der Waals surface area contributed by atoms with Gasteiger partial charge in [0.15, 0.2) is 5.11 Å². The summed E-state index contributed by atoms with van der Waals surface area (Å²) in [6.07, 6.45) is 3.65. The summed E-state index contributed by atoms with van der Waals surface area (Å²) in [5, 5.41) is 8.54. The Balaban J connectivity index is 1.88. The molecular formula is C22H25N3O2S. The fourth-order valence-electron chi connectivity index (χ4n) is 2.36. The molecule has 0 unspecified atom stereocenters. The van der Waals surface area contributed by atoms with Crippen molar-refractivity contribution in [3.8, 4) is 0 Å². The number of carbonyl (C=O) groups is 2. The van der Waals surface area contributed by atoms with Gasteiger partial charge in [0.2, 0.25) is 11.8 Å². The van der Waals surface area contributed by atoms with E-state index in [4.69, 9.17) is 12.2 Å². The molecule has 0 spiro atoms. The van der Waals surface area contributed by atoms with Gasteiger partial charge in [0.25, 0.3) is 0 Å². The Morgan fingerprint density at radius 2 is 1.54 bits per heavy atom. The van der Waals surface area contributed by atoms with Gasteiger partial charge >= 0.3 is 0 Å². The SMILES string of the molecule is CCC(=O)NC(=S)Nc1ccc(NC(=O)C=Cc2ccc(C(C)C)cc2)cc1. The van der Waals surface area contributed by atoms with Crippen LogP contribution in [-0.2, 0) is 9.59 Å². The minimum absolute atomic E-state index is 0.146. The van der Waals surface area contributed by atoms with Crippen LogP contribution in [0.15, 0.2) is 54.6 Å². The largest absolute Gasteiger partial charge is 0.332 e. The molecule has 0 aliphatic rings. The van der Waals surface area contributed by atoms with Gasteiger partial charge in [-0.25, -0.2) is 0 Å². The lowest BCUT2D eigenvalue weighted by Crippen LogP contribution is -2.33. The van der Waals surface area contributed by atoms with Crippen molar-refractivity contribution in [3.63, 3.8) is 0 Å². The summed E-state index contributed by atoms with van der Waals surface area (Å²) in [6.45, 7) is 6.05. The highest BCUT2D eigenvalue weighted by Crippen LogP contribution is 2.16. The maximum Gasteiger partial charge on any atom is 0.248 e. The van der Waals surface area contributed by atoms with E-state index in [1.807, 2.05) is 12.1 Å². The lowest BCUT2D eigenvalue weighted by molar-refractivity contribution is -0.119. The topological polar surface area (TPSA) is 70.2 Å². The van der Waals surface area contributed by atoms with E-state index in [0.29, 0.717) is 18.0 Å². The summed E-state index contributed by atoms with van der Waals surface area (Å²) in [4.78, 5) is 23.4. The number of hydrogen-bond donors (Lipinski definition) is 3. The van der Waals surface area contributed by atoms with Gasteiger partial charge in [0.05, 0.1) is 0 Å². The van der Waals surface area contributed by atoms with Gasteiger partial charge in [-0.3, -0.25) is 9.59 Å². The first-order chi connectivity index (χ1) is 13.4. The molecule has 5 nitrogen and oxygen atoms in total. The molecule has 6 heteroatoms. The molecule has 2 rings (SSSR count). The zero-order valence-electron chi connectivity index (χ0n) is 16.3. The van der Waals surface area contributed by atoms with Crippen molar-refractivity contribution in [3.05, 3.63) is 65.7 Å². The van der Waals surface area contributed by atoms with Crippen molar-refractivity contribution < 1.29 is 9.59 Å². The second-order valence-electron chi connectivity index (χ2n) is 6.58. The van der Waals surface area contributed by atoms with E-state index in [2.05, 4.69) is 41.9 Å². The predicted molar refractivity (Wildman–Crippen MR) is 119 cm³/mol. The Bertz CT molecular complexity index is 856. The molecule has 0 radical (unpaired) electrons. The number of hydrogen-bond acceptors (Lipinski definition) is 3. The van der Waals surface area contributed by atoms with Crippen LogP contribution in [0.2, 0.25) is 0 Å². The van der Waals surface area contributed by atoms with Crippen molar-refractivity contribution in [1.82, 2.24) is 5.32 Å². The van der Waals surface area contributed by atoms with E-state index in [1.165, 1.54) is 11.6 Å². The van der Waals surface area contributed by atoms with Crippen LogP contribution >= 0.6 is 12.2 Å². The Morgan fingerprint density at radius 3 is 2.07 bits per heavy atom. The zero-order chi connectivity index (χ0) is 20.5. The molecule has 0 aliphatic carbocycles. The molecule has 0 fully saturated rings. The monoisotopic (exact) mass is 395 g/mol.